The molecule has 3 rings (SSSR count). The number of benzene rings is 2. The maximum absolute atomic E-state index is 13.0. The second-order valence-electron chi connectivity index (χ2n) is 8.92. The van der Waals surface area contributed by atoms with Crippen molar-refractivity contribution in [3.05, 3.63) is 47.5 Å². The summed E-state index contributed by atoms with van der Waals surface area (Å²) in [7, 11) is 3.74. The molecule has 1 saturated heterocycles. The summed E-state index contributed by atoms with van der Waals surface area (Å²) in [5, 5.41) is 9.85. The van der Waals surface area contributed by atoms with Crippen LogP contribution in [0, 0.1) is 6.92 Å². The first-order valence-corrected chi connectivity index (χ1v) is 11.8. The average molecular weight is 469 g/mol. The van der Waals surface area contributed by atoms with E-state index in [0.29, 0.717) is 24.5 Å². The Bertz CT molecular complexity index is 1000. The van der Waals surface area contributed by atoms with Crippen molar-refractivity contribution >= 4 is 23.2 Å². The predicted octanol–water partition coefficient (Wildman–Crippen LogP) is 3.27. The van der Waals surface area contributed by atoms with Crippen LogP contribution in [0.2, 0.25) is 0 Å². The van der Waals surface area contributed by atoms with E-state index in [2.05, 4.69) is 11.9 Å². The molecule has 2 aromatic rings. The van der Waals surface area contributed by atoms with Crippen LogP contribution >= 0.6 is 0 Å². The van der Waals surface area contributed by atoms with Gasteiger partial charge in [-0.2, -0.15) is 0 Å². The monoisotopic (exact) mass is 468 g/mol. The number of hydrogen-bond acceptors (Lipinski definition) is 6. The lowest BCUT2D eigenvalue weighted by molar-refractivity contribution is -0.132. The molecule has 184 valence electrons. The minimum Gasteiger partial charge on any atom is -0.506 e. The van der Waals surface area contributed by atoms with E-state index in [9.17, 15) is 14.7 Å². The molecule has 0 spiro atoms. The van der Waals surface area contributed by atoms with Crippen molar-refractivity contribution in [1.82, 2.24) is 9.80 Å². The highest BCUT2D eigenvalue weighted by Gasteiger charge is 2.21. The third-order valence-corrected chi connectivity index (χ3v) is 6.24. The molecule has 0 atom stereocenters. The molecule has 1 fully saturated rings. The van der Waals surface area contributed by atoms with Crippen LogP contribution in [-0.4, -0.2) is 73.6 Å². The van der Waals surface area contributed by atoms with Gasteiger partial charge in [-0.05, 0) is 63.1 Å². The van der Waals surface area contributed by atoms with Crippen LogP contribution in [0.5, 0.6) is 11.5 Å². The van der Waals surface area contributed by atoms with E-state index in [-0.39, 0.29) is 28.8 Å². The summed E-state index contributed by atoms with van der Waals surface area (Å²) in [6.07, 6.45) is 3.13. The maximum Gasteiger partial charge on any atom is 0.260 e. The van der Waals surface area contributed by atoms with Crippen molar-refractivity contribution in [2.45, 2.75) is 32.6 Å². The van der Waals surface area contributed by atoms with Crippen molar-refractivity contribution in [2.75, 3.05) is 57.5 Å². The number of carbonyl (C=O) groups is 2. The molecule has 8 nitrogen and oxygen atoms in total. The first-order valence-electron chi connectivity index (χ1n) is 11.8. The summed E-state index contributed by atoms with van der Waals surface area (Å²) in [6.45, 7) is 5.97. The highest BCUT2D eigenvalue weighted by atomic mass is 16.5. The number of nitrogen functional groups attached to an aromatic ring is 1. The van der Waals surface area contributed by atoms with E-state index in [0.717, 1.165) is 51.0 Å². The molecule has 0 saturated carbocycles. The number of anilines is 2. The van der Waals surface area contributed by atoms with Gasteiger partial charge in [0.1, 0.15) is 11.5 Å². The van der Waals surface area contributed by atoms with Gasteiger partial charge in [0.15, 0.2) is 0 Å². The largest absolute Gasteiger partial charge is 0.506 e. The molecule has 3 N–H and O–H groups in total. The third-order valence-electron chi connectivity index (χ3n) is 6.24. The van der Waals surface area contributed by atoms with Crippen LogP contribution in [0.4, 0.5) is 11.4 Å². The van der Waals surface area contributed by atoms with Crippen molar-refractivity contribution in [3.63, 3.8) is 0 Å². The van der Waals surface area contributed by atoms with Crippen molar-refractivity contribution in [3.8, 4) is 11.5 Å². The number of nitrogens with zero attached hydrogens (tertiary/aromatic N) is 3. The number of phenols is 1. The molecule has 34 heavy (non-hydrogen) atoms. The number of likely N-dealkylation sites (N-methyl/N-ethyl adjacent to an activating group) is 1. The highest BCUT2D eigenvalue weighted by Crippen LogP contribution is 2.32. The van der Waals surface area contributed by atoms with Gasteiger partial charge in [-0.1, -0.05) is 12.1 Å². The minimum absolute atomic E-state index is 0.0556. The third kappa shape index (κ3) is 6.41. The molecule has 0 aromatic heterocycles. The Balaban J connectivity index is 1.51. The molecule has 0 aliphatic carbocycles. The quantitative estimate of drug-likeness (QED) is 0.333. The summed E-state index contributed by atoms with van der Waals surface area (Å²) >= 11 is 0. The van der Waals surface area contributed by atoms with Crippen LogP contribution in [-0.2, 0) is 4.79 Å². The lowest BCUT2D eigenvalue weighted by Crippen LogP contribution is -2.47. The van der Waals surface area contributed by atoms with E-state index in [1.54, 1.807) is 19.2 Å². The first-order chi connectivity index (χ1) is 16.3. The number of piperazine rings is 1. The van der Waals surface area contributed by atoms with Gasteiger partial charge in [0.25, 0.3) is 5.91 Å². The van der Waals surface area contributed by atoms with Gasteiger partial charge in [-0.15, -0.1) is 0 Å². The Hall–Kier alpha value is -3.26. The number of ether oxygens (including phenoxy) is 1. The summed E-state index contributed by atoms with van der Waals surface area (Å²) in [5.41, 5.74) is 7.85. The number of unbranched alkanes of at least 4 members (excludes halogenated alkanes) is 2. The molecule has 0 unspecified atom stereocenters. The number of amides is 2. The smallest absolute Gasteiger partial charge is 0.260 e. The normalized spacial score (nSPS) is 14.1. The van der Waals surface area contributed by atoms with Gasteiger partial charge in [0.2, 0.25) is 5.91 Å². The van der Waals surface area contributed by atoms with E-state index < -0.39 is 0 Å². The number of para-hydroxylation sites is 1. The summed E-state index contributed by atoms with van der Waals surface area (Å²) in [5.74, 6) is 0.402. The molecular weight excluding hydrogens is 432 g/mol. The molecule has 2 amide bonds. The van der Waals surface area contributed by atoms with Crippen LogP contribution < -0.4 is 15.4 Å². The Morgan fingerprint density at radius 3 is 2.56 bits per heavy atom. The second kappa shape index (κ2) is 11.7. The van der Waals surface area contributed by atoms with E-state index in [4.69, 9.17) is 10.5 Å². The number of aromatic hydroxyl groups is 1. The lowest BCUT2D eigenvalue weighted by Gasteiger charge is -2.32. The van der Waals surface area contributed by atoms with E-state index in [1.165, 1.54) is 11.0 Å². The van der Waals surface area contributed by atoms with E-state index >= 15 is 0 Å². The predicted molar refractivity (Wildman–Crippen MR) is 134 cm³/mol. The summed E-state index contributed by atoms with van der Waals surface area (Å²) < 4.78 is 6.04. The first kappa shape index (κ1) is 25.4. The Labute approximate surface area is 201 Å². The van der Waals surface area contributed by atoms with Crippen molar-refractivity contribution in [2.24, 2.45) is 0 Å². The van der Waals surface area contributed by atoms with Crippen LogP contribution in [0.3, 0.4) is 0 Å². The zero-order valence-corrected chi connectivity index (χ0v) is 20.4. The number of nitrogens with two attached hydrogens (primary N) is 1. The van der Waals surface area contributed by atoms with Gasteiger partial charge in [-0.3, -0.25) is 9.59 Å². The standard InChI is InChI=1S/C26H36N4O4/c1-19-11-12-21(29(3)26(33)20-8-7-9-22(31)25(20)27)23(18-19)34-17-6-4-5-10-24(32)30-15-13-28(2)14-16-30/h7-9,11-12,18,31H,4-6,10,13-17,27H2,1-3H3. The Kier molecular flexibility index (Phi) is 8.76. The minimum atomic E-state index is -0.329. The molecular formula is C26H36N4O4. The zero-order chi connectivity index (χ0) is 24.7. The molecule has 1 aliphatic rings. The number of phenolic OH excluding ortho intramolecular Hbond substituents is 1. The van der Waals surface area contributed by atoms with E-state index in [1.807, 2.05) is 30.0 Å². The van der Waals surface area contributed by atoms with Gasteiger partial charge in [0.05, 0.1) is 23.5 Å². The van der Waals surface area contributed by atoms with Crippen LogP contribution in [0.15, 0.2) is 36.4 Å². The maximum atomic E-state index is 13.0. The Morgan fingerprint density at radius 1 is 1.09 bits per heavy atom. The fraction of sp³-hybridized carbons (Fsp3) is 0.462. The van der Waals surface area contributed by atoms with Crippen molar-refractivity contribution in [1.29, 1.82) is 0 Å². The fourth-order valence-electron chi connectivity index (χ4n) is 3.99. The Morgan fingerprint density at radius 2 is 1.82 bits per heavy atom. The van der Waals surface area contributed by atoms with Crippen molar-refractivity contribution < 1.29 is 19.4 Å². The highest BCUT2D eigenvalue weighted by molar-refractivity contribution is 6.10. The average Bonchev–Trinajstić information content (AvgIpc) is 2.82. The number of carbonyl (C=O) groups excluding carboxylic acids is 2. The summed E-state index contributed by atoms with van der Waals surface area (Å²) in [6, 6.07) is 10.3. The number of aryl methyl sites for hydroxylation is 1. The fourth-order valence-corrected chi connectivity index (χ4v) is 3.99. The second-order valence-corrected chi connectivity index (χ2v) is 8.92. The van der Waals surface area contributed by atoms with Gasteiger partial charge >= 0.3 is 0 Å². The molecule has 1 heterocycles. The van der Waals surface area contributed by atoms with Gasteiger partial charge in [0, 0.05) is 39.6 Å². The topological polar surface area (TPSA) is 99.3 Å². The molecule has 0 bridgehead atoms. The zero-order valence-electron chi connectivity index (χ0n) is 20.4. The molecule has 0 radical (unpaired) electrons. The summed E-state index contributed by atoms with van der Waals surface area (Å²) in [4.78, 5) is 31.1. The number of rotatable bonds is 9. The van der Waals surface area contributed by atoms with Crippen LogP contribution in [0.25, 0.3) is 0 Å². The lowest BCUT2D eigenvalue weighted by atomic mass is 10.1. The number of hydrogen-bond donors (Lipinski definition) is 2. The molecule has 1 aliphatic heterocycles. The van der Waals surface area contributed by atoms with Gasteiger partial charge < -0.3 is 30.3 Å². The van der Waals surface area contributed by atoms with Gasteiger partial charge in [-0.25, -0.2) is 0 Å². The SMILES string of the molecule is Cc1ccc(N(C)C(=O)c2cccc(O)c2N)c(OCCCCCC(=O)N2CCN(C)CC2)c1. The van der Waals surface area contributed by atoms with Crippen LogP contribution in [0.1, 0.15) is 41.6 Å². The molecule has 8 heteroatoms. The molecule has 2 aromatic carbocycles.